The molecule has 0 saturated carbocycles. The van der Waals surface area contributed by atoms with Gasteiger partial charge in [-0.15, -0.1) is 0 Å². The van der Waals surface area contributed by atoms with Gasteiger partial charge in [-0.3, -0.25) is 9.59 Å². The lowest BCUT2D eigenvalue weighted by Gasteiger charge is -2.46. The molecule has 2 rings (SSSR count). The predicted octanol–water partition coefficient (Wildman–Crippen LogP) is 13.7. The predicted molar refractivity (Wildman–Crippen MR) is 271 cm³/mol. The Morgan fingerprint density at radius 3 is 1.45 bits per heavy atom. The van der Waals surface area contributed by atoms with Crippen molar-refractivity contribution in [2.45, 2.75) is 232 Å². The second kappa shape index (κ2) is 35.8. The molecule has 0 heterocycles. The Kier molecular flexibility index (Phi) is 31.7. The summed E-state index contributed by atoms with van der Waals surface area (Å²) in [5.41, 5.74) is 0. The van der Waals surface area contributed by atoms with Crippen LogP contribution in [0.1, 0.15) is 214 Å². The van der Waals surface area contributed by atoms with E-state index in [0.717, 1.165) is 48.9 Å². The summed E-state index contributed by atoms with van der Waals surface area (Å²) in [6.45, 7) is 11.6. The maximum atomic E-state index is 13.7. The van der Waals surface area contributed by atoms with Crippen molar-refractivity contribution in [2.75, 3.05) is 13.2 Å². The smallest absolute Gasteiger partial charge is 0.315 e. The quantitative estimate of drug-likeness (QED) is 0.0266. The molecule has 9 heteroatoms. The largest absolute Gasteiger partial charge is 0.481 e. The molecule has 3 N–H and O–H groups in total. The van der Waals surface area contributed by atoms with E-state index < -0.39 is 32.4 Å². The molecule has 0 fully saturated rings. The second-order valence-electron chi connectivity index (χ2n) is 19.2. The van der Waals surface area contributed by atoms with E-state index in [1.54, 1.807) is 0 Å². The van der Waals surface area contributed by atoms with Gasteiger partial charge in [-0.25, -0.2) is 4.79 Å². The summed E-state index contributed by atoms with van der Waals surface area (Å²) < 4.78 is 13.4. The van der Waals surface area contributed by atoms with E-state index >= 15 is 0 Å². The van der Waals surface area contributed by atoms with Gasteiger partial charge in [-0.05, 0) is 34.7 Å². The van der Waals surface area contributed by atoms with E-state index in [1.165, 1.54) is 128 Å². The first-order valence-corrected chi connectivity index (χ1v) is 27.8. The van der Waals surface area contributed by atoms with Crippen LogP contribution in [0.25, 0.3) is 0 Å². The van der Waals surface area contributed by atoms with Crippen LogP contribution < -0.4 is 21.0 Å². The van der Waals surface area contributed by atoms with E-state index in [1.807, 2.05) is 12.1 Å². The van der Waals surface area contributed by atoms with Gasteiger partial charge in [0.05, 0.1) is 25.0 Å². The van der Waals surface area contributed by atoms with Crippen molar-refractivity contribution in [3.05, 3.63) is 72.8 Å². The average molecular weight is 905 g/mol. The number of urea groups is 1. The van der Waals surface area contributed by atoms with Crippen molar-refractivity contribution < 1.29 is 28.7 Å². The fraction of sp³-hybridized carbons (Fsp3) is 0.691. The normalized spacial score (nSPS) is 12.9. The molecule has 2 atom stereocenters. The first-order chi connectivity index (χ1) is 31.0. The molecular weight excluding hydrogens is 813 g/mol. The highest BCUT2D eigenvalue weighted by Gasteiger charge is 2.52. The SMILES string of the molecule is CCCCCCCCCCCCC/C=C/[C@@H](O[Si](c1ccccc1)(c1ccccc1)C(C)(C)C)[C@H](COC(=O)CCC(=O)O)NC(=O)NCCCCCCCCCCCCCCCC. The van der Waals surface area contributed by atoms with Crippen molar-refractivity contribution >= 4 is 36.7 Å². The third-order valence-corrected chi connectivity index (χ3v) is 17.6. The van der Waals surface area contributed by atoms with Gasteiger partial charge in [0.1, 0.15) is 6.61 Å². The average Bonchev–Trinajstić information content (AvgIpc) is 3.28. The summed E-state index contributed by atoms with van der Waals surface area (Å²) >= 11 is 0. The lowest BCUT2D eigenvalue weighted by molar-refractivity contribution is -0.148. The minimum atomic E-state index is -3.12. The molecule has 0 saturated heterocycles. The molecule has 2 amide bonds. The van der Waals surface area contributed by atoms with E-state index in [9.17, 15) is 19.5 Å². The number of allylic oxidation sites excluding steroid dienone is 1. The van der Waals surface area contributed by atoms with Gasteiger partial charge in [0.15, 0.2) is 0 Å². The van der Waals surface area contributed by atoms with Crippen LogP contribution in [0.4, 0.5) is 4.79 Å². The summed E-state index contributed by atoms with van der Waals surface area (Å²) in [4.78, 5) is 37.9. The highest BCUT2D eigenvalue weighted by molar-refractivity contribution is 6.99. The molecule has 0 aromatic heterocycles. The molecular formula is C55H92N2O6Si. The first-order valence-electron chi connectivity index (χ1n) is 25.9. The number of esters is 1. The van der Waals surface area contributed by atoms with Gasteiger partial charge in [0.25, 0.3) is 8.32 Å². The number of benzene rings is 2. The zero-order chi connectivity index (χ0) is 46.6. The number of carbonyl (C=O) groups excluding carboxylic acids is 2. The number of carbonyl (C=O) groups is 3. The van der Waals surface area contributed by atoms with Crippen LogP contribution in [0, 0.1) is 0 Å². The van der Waals surface area contributed by atoms with Crippen LogP contribution in [-0.4, -0.2) is 56.7 Å². The molecule has 0 aliphatic carbocycles. The van der Waals surface area contributed by atoms with Crippen molar-refractivity contribution in [1.82, 2.24) is 10.6 Å². The Hall–Kier alpha value is -3.43. The van der Waals surface area contributed by atoms with Crippen LogP contribution in [0.3, 0.4) is 0 Å². The number of nitrogens with one attached hydrogen (secondary N) is 2. The summed E-state index contributed by atoms with van der Waals surface area (Å²) in [5, 5.41) is 17.4. The maximum absolute atomic E-state index is 13.7. The third-order valence-electron chi connectivity index (χ3n) is 12.5. The zero-order valence-electron chi connectivity index (χ0n) is 41.3. The van der Waals surface area contributed by atoms with Crippen molar-refractivity contribution in [3.8, 4) is 0 Å². The van der Waals surface area contributed by atoms with Crippen molar-refractivity contribution in [1.29, 1.82) is 0 Å². The number of rotatable bonds is 39. The zero-order valence-corrected chi connectivity index (χ0v) is 42.3. The Balaban J connectivity index is 2.20. The Bertz CT molecular complexity index is 1460. The molecule has 0 radical (unpaired) electrons. The second-order valence-corrected chi connectivity index (χ2v) is 23.4. The Labute approximate surface area is 392 Å². The molecule has 2 aromatic carbocycles. The van der Waals surface area contributed by atoms with Crippen LogP contribution in [0.2, 0.25) is 5.04 Å². The number of amides is 2. The minimum Gasteiger partial charge on any atom is -0.481 e. The molecule has 0 aliphatic heterocycles. The molecule has 0 unspecified atom stereocenters. The lowest BCUT2D eigenvalue weighted by atomic mass is 10.0. The summed E-state index contributed by atoms with van der Waals surface area (Å²) in [6, 6.07) is 19.8. The van der Waals surface area contributed by atoms with E-state index in [4.69, 9.17) is 9.16 Å². The third kappa shape index (κ3) is 24.7. The van der Waals surface area contributed by atoms with Crippen LogP contribution in [0.5, 0.6) is 0 Å². The minimum absolute atomic E-state index is 0.156. The number of ether oxygens (including phenoxy) is 1. The number of aliphatic carboxylic acids is 1. The van der Waals surface area contributed by atoms with Crippen LogP contribution >= 0.6 is 0 Å². The topological polar surface area (TPSA) is 114 Å². The number of carboxylic acids is 1. The molecule has 2 aromatic rings. The van der Waals surface area contributed by atoms with Gasteiger partial charge in [0, 0.05) is 6.54 Å². The van der Waals surface area contributed by atoms with E-state index in [2.05, 4.69) is 106 Å². The van der Waals surface area contributed by atoms with Gasteiger partial charge >= 0.3 is 18.0 Å². The van der Waals surface area contributed by atoms with E-state index in [-0.39, 0.29) is 30.5 Å². The Morgan fingerprint density at radius 1 is 0.609 bits per heavy atom. The number of carboxylic acid groups (broad SMARTS) is 1. The van der Waals surface area contributed by atoms with Crippen LogP contribution in [-0.2, 0) is 18.8 Å². The van der Waals surface area contributed by atoms with Gasteiger partial charge < -0.3 is 24.9 Å². The number of unbranched alkanes of at least 4 members (excludes halogenated alkanes) is 24. The van der Waals surface area contributed by atoms with Gasteiger partial charge in [-0.1, -0.05) is 255 Å². The highest BCUT2D eigenvalue weighted by Crippen LogP contribution is 2.38. The van der Waals surface area contributed by atoms with E-state index in [0.29, 0.717) is 6.54 Å². The number of hydrogen-bond acceptors (Lipinski definition) is 5. The summed E-state index contributed by atoms with van der Waals surface area (Å²) in [5.74, 6) is -1.68. The van der Waals surface area contributed by atoms with Crippen molar-refractivity contribution in [2.24, 2.45) is 0 Å². The molecule has 64 heavy (non-hydrogen) atoms. The van der Waals surface area contributed by atoms with Crippen molar-refractivity contribution in [3.63, 3.8) is 0 Å². The Morgan fingerprint density at radius 2 is 1.03 bits per heavy atom. The van der Waals surface area contributed by atoms with Gasteiger partial charge in [0.2, 0.25) is 0 Å². The van der Waals surface area contributed by atoms with Gasteiger partial charge in [-0.2, -0.15) is 0 Å². The highest BCUT2D eigenvalue weighted by atomic mass is 28.4. The van der Waals surface area contributed by atoms with Crippen LogP contribution in [0.15, 0.2) is 72.8 Å². The standard InChI is InChI=1S/C55H92N2O6Si/c1-6-8-10-12-14-16-18-20-22-24-26-28-30-38-46-56-54(61)57-50(47-62-53(60)45-44-52(58)59)51(43-37-29-27-25-23-21-19-17-15-13-11-9-7-2)63-64(55(3,4)5,48-39-33-31-34-40-48)49-41-35-32-36-42-49/h31-37,39-43,50-51H,6-30,38,44-47H2,1-5H3,(H,58,59)(H2,56,57,61)/b43-37+/t50-,51+/m0/s1. The number of hydrogen-bond donors (Lipinski definition) is 3. The fourth-order valence-corrected chi connectivity index (χ4v) is 13.4. The fourth-order valence-electron chi connectivity index (χ4n) is 8.73. The summed E-state index contributed by atoms with van der Waals surface area (Å²) in [7, 11) is -3.12. The molecule has 0 bridgehead atoms. The maximum Gasteiger partial charge on any atom is 0.315 e. The molecule has 0 aliphatic rings. The molecule has 0 spiro atoms. The first kappa shape index (κ1) is 56.7. The lowest BCUT2D eigenvalue weighted by Crippen LogP contribution is -2.69. The molecule has 8 nitrogen and oxygen atoms in total. The monoisotopic (exact) mass is 905 g/mol. The molecule has 362 valence electrons. The summed E-state index contributed by atoms with van der Waals surface area (Å²) in [6.07, 6.45) is 35.7.